The summed E-state index contributed by atoms with van der Waals surface area (Å²) in [7, 11) is 1.68. The van der Waals surface area contributed by atoms with Gasteiger partial charge in [0.1, 0.15) is 5.75 Å². The summed E-state index contributed by atoms with van der Waals surface area (Å²) in [6, 6.07) is 4.27. The van der Waals surface area contributed by atoms with E-state index in [4.69, 9.17) is 10.5 Å². The van der Waals surface area contributed by atoms with Crippen molar-refractivity contribution in [1.82, 2.24) is 0 Å². The van der Waals surface area contributed by atoms with Gasteiger partial charge in [-0.25, -0.2) is 0 Å². The molecule has 0 spiro atoms. The molecule has 0 heterocycles. The summed E-state index contributed by atoms with van der Waals surface area (Å²) in [4.78, 5) is 0. The molecule has 78 valence electrons. The molecule has 1 aromatic carbocycles. The second-order valence-electron chi connectivity index (χ2n) is 3.59. The molecule has 0 radical (unpaired) electrons. The van der Waals surface area contributed by atoms with Crippen LogP contribution in [0.4, 0.5) is 0 Å². The number of nitrogens with two attached hydrogens (primary N) is 1. The number of hydrogen-bond donors (Lipinski definition) is 1. The Balaban J connectivity index is 3.07. The summed E-state index contributed by atoms with van der Waals surface area (Å²) in [5, 5.41) is 0. The molecule has 2 nitrogen and oxygen atoms in total. The van der Waals surface area contributed by atoms with Crippen LogP contribution in [0.1, 0.15) is 18.1 Å². The van der Waals surface area contributed by atoms with Gasteiger partial charge < -0.3 is 10.5 Å². The predicted octanol–water partition coefficient (Wildman–Crippen LogP) is 2.66. The van der Waals surface area contributed by atoms with Gasteiger partial charge in [0.05, 0.1) is 7.11 Å². The normalized spacial score (nSPS) is 12.6. The lowest BCUT2D eigenvalue weighted by molar-refractivity contribution is 0.408. The first kappa shape index (κ1) is 11.5. The van der Waals surface area contributed by atoms with Crippen LogP contribution in [0, 0.1) is 6.92 Å². The molecule has 0 aliphatic carbocycles. The first-order valence-electron chi connectivity index (χ1n) is 4.63. The Bertz CT molecular complexity index is 323. The zero-order chi connectivity index (χ0) is 10.7. The third kappa shape index (κ3) is 2.72. The zero-order valence-corrected chi connectivity index (χ0v) is 10.4. The van der Waals surface area contributed by atoms with Crippen molar-refractivity contribution in [3.05, 3.63) is 27.7 Å². The maximum absolute atomic E-state index is 5.77. The van der Waals surface area contributed by atoms with Gasteiger partial charge in [-0.2, -0.15) is 0 Å². The molecule has 0 amide bonds. The smallest absolute Gasteiger partial charge is 0.123 e. The van der Waals surface area contributed by atoms with Crippen LogP contribution in [0.5, 0.6) is 5.75 Å². The fraction of sp³-hybridized carbons (Fsp3) is 0.455. The van der Waals surface area contributed by atoms with Gasteiger partial charge in [0.2, 0.25) is 0 Å². The number of rotatable bonds is 3. The quantitative estimate of drug-likeness (QED) is 0.904. The molecule has 14 heavy (non-hydrogen) atoms. The van der Waals surface area contributed by atoms with E-state index in [1.807, 2.05) is 13.0 Å². The molecule has 1 atom stereocenters. The molecule has 0 saturated heterocycles. The molecule has 1 rings (SSSR count). The highest BCUT2D eigenvalue weighted by Gasteiger charge is 2.08. The van der Waals surface area contributed by atoms with E-state index in [1.165, 1.54) is 11.1 Å². The standard InChI is InChI=1S/C11H16BrNO/c1-7-4-9(5-8(2)13)11(14-3)6-10(7)12/h4,6,8H,5,13H2,1-3H3. The van der Waals surface area contributed by atoms with Crippen LogP contribution in [0.15, 0.2) is 16.6 Å². The molecule has 0 aromatic heterocycles. The van der Waals surface area contributed by atoms with E-state index >= 15 is 0 Å². The van der Waals surface area contributed by atoms with Crippen LogP contribution in [-0.4, -0.2) is 13.2 Å². The Labute approximate surface area is 93.6 Å². The third-order valence-electron chi connectivity index (χ3n) is 2.10. The second kappa shape index (κ2) is 4.80. The summed E-state index contributed by atoms with van der Waals surface area (Å²) in [5.41, 5.74) is 8.15. The van der Waals surface area contributed by atoms with Crippen LogP contribution >= 0.6 is 15.9 Å². The minimum Gasteiger partial charge on any atom is -0.496 e. The molecule has 0 bridgehead atoms. The number of ether oxygens (including phenoxy) is 1. The van der Waals surface area contributed by atoms with Gasteiger partial charge in [-0.3, -0.25) is 0 Å². The van der Waals surface area contributed by atoms with Crippen LogP contribution in [0.3, 0.4) is 0 Å². The van der Waals surface area contributed by atoms with Crippen molar-refractivity contribution in [2.24, 2.45) is 5.73 Å². The number of hydrogen-bond acceptors (Lipinski definition) is 2. The van der Waals surface area contributed by atoms with E-state index in [1.54, 1.807) is 7.11 Å². The fourth-order valence-corrected chi connectivity index (χ4v) is 1.74. The van der Waals surface area contributed by atoms with Gasteiger partial charge in [0, 0.05) is 10.5 Å². The van der Waals surface area contributed by atoms with E-state index in [9.17, 15) is 0 Å². The zero-order valence-electron chi connectivity index (χ0n) is 8.80. The highest BCUT2D eigenvalue weighted by molar-refractivity contribution is 9.10. The Morgan fingerprint density at radius 1 is 1.50 bits per heavy atom. The highest BCUT2D eigenvalue weighted by atomic mass is 79.9. The van der Waals surface area contributed by atoms with Crippen molar-refractivity contribution in [2.45, 2.75) is 26.3 Å². The van der Waals surface area contributed by atoms with Gasteiger partial charge in [0.15, 0.2) is 0 Å². The Kier molecular flexibility index (Phi) is 3.96. The summed E-state index contributed by atoms with van der Waals surface area (Å²) in [5.74, 6) is 0.903. The van der Waals surface area contributed by atoms with Crippen molar-refractivity contribution in [3.8, 4) is 5.75 Å². The number of benzene rings is 1. The van der Waals surface area contributed by atoms with Gasteiger partial charge in [-0.1, -0.05) is 22.0 Å². The van der Waals surface area contributed by atoms with E-state index < -0.39 is 0 Å². The number of methoxy groups -OCH3 is 1. The Hall–Kier alpha value is -0.540. The van der Waals surface area contributed by atoms with Crippen molar-refractivity contribution >= 4 is 15.9 Å². The van der Waals surface area contributed by atoms with Gasteiger partial charge >= 0.3 is 0 Å². The van der Waals surface area contributed by atoms with Crippen LogP contribution in [0.25, 0.3) is 0 Å². The first-order chi connectivity index (χ1) is 6.54. The van der Waals surface area contributed by atoms with Gasteiger partial charge in [-0.05, 0) is 37.5 Å². The molecule has 0 saturated carbocycles. The third-order valence-corrected chi connectivity index (χ3v) is 2.96. The molecule has 3 heteroatoms. The molecule has 2 N–H and O–H groups in total. The minimum atomic E-state index is 0.157. The Morgan fingerprint density at radius 2 is 2.14 bits per heavy atom. The largest absolute Gasteiger partial charge is 0.496 e. The van der Waals surface area contributed by atoms with Crippen LogP contribution in [-0.2, 0) is 6.42 Å². The molecule has 0 aliphatic rings. The van der Waals surface area contributed by atoms with Crippen LogP contribution < -0.4 is 10.5 Å². The molecule has 0 fully saturated rings. The Morgan fingerprint density at radius 3 is 2.64 bits per heavy atom. The summed E-state index contributed by atoms with van der Waals surface area (Å²) < 4.78 is 6.37. The topological polar surface area (TPSA) is 35.2 Å². The minimum absolute atomic E-state index is 0.157. The lowest BCUT2D eigenvalue weighted by Crippen LogP contribution is -2.18. The molecule has 1 aromatic rings. The maximum atomic E-state index is 5.77. The fourth-order valence-electron chi connectivity index (χ4n) is 1.42. The van der Waals surface area contributed by atoms with Crippen LogP contribution in [0.2, 0.25) is 0 Å². The van der Waals surface area contributed by atoms with Crippen molar-refractivity contribution in [3.63, 3.8) is 0 Å². The highest BCUT2D eigenvalue weighted by Crippen LogP contribution is 2.27. The first-order valence-corrected chi connectivity index (χ1v) is 5.42. The number of halogens is 1. The lowest BCUT2D eigenvalue weighted by Gasteiger charge is -2.12. The molecular formula is C11H16BrNO. The maximum Gasteiger partial charge on any atom is 0.123 e. The van der Waals surface area contributed by atoms with E-state index in [0.29, 0.717) is 0 Å². The molecular weight excluding hydrogens is 242 g/mol. The van der Waals surface area contributed by atoms with Crippen molar-refractivity contribution < 1.29 is 4.74 Å². The second-order valence-corrected chi connectivity index (χ2v) is 4.45. The predicted molar refractivity (Wildman–Crippen MR) is 62.8 cm³/mol. The van der Waals surface area contributed by atoms with Crippen molar-refractivity contribution in [1.29, 1.82) is 0 Å². The van der Waals surface area contributed by atoms with E-state index in [-0.39, 0.29) is 6.04 Å². The monoisotopic (exact) mass is 257 g/mol. The van der Waals surface area contributed by atoms with E-state index in [0.717, 1.165) is 16.6 Å². The lowest BCUT2D eigenvalue weighted by atomic mass is 10.0. The van der Waals surface area contributed by atoms with E-state index in [2.05, 4.69) is 28.9 Å². The van der Waals surface area contributed by atoms with Gasteiger partial charge in [-0.15, -0.1) is 0 Å². The molecule has 0 aliphatic heterocycles. The van der Waals surface area contributed by atoms with Crippen molar-refractivity contribution in [2.75, 3.05) is 7.11 Å². The van der Waals surface area contributed by atoms with Gasteiger partial charge in [0.25, 0.3) is 0 Å². The average Bonchev–Trinajstić information content (AvgIpc) is 2.10. The summed E-state index contributed by atoms with van der Waals surface area (Å²) in [6.45, 7) is 4.06. The summed E-state index contributed by atoms with van der Waals surface area (Å²) >= 11 is 3.48. The molecule has 1 unspecified atom stereocenters. The summed E-state index contributed by atoms with van der Waals surface area (Å²) in [6.07, 6.45) is 0.845. The SMILES string of the molecule is COc1cc(Br)c(C)cc1CC(C)N. The average molecular weight is 258 g/mol. The number of aryl methyl sites for hydroxylation is 1.